The second-order valence-corrected chi connectivity index (χ2v) is 30.6. The van der Waals surface area contributed by atoms with Gasteiger partial charge in [-0.2, -0.15) is 0 Å². The Balaban J connectivity index is 0.00000302. The number of unbranched alkanes of at least 4 members (excludes halogenated alkanes) is 2. The fourth-order valence-corrected chi connectivity index (χ4v) is 26.0. The molecule has 3 heteroatoms. The van der Waals surface area contributed by atoms with Crippen LogP contribution < -0.4 is 9.81 Å². The first-order valence-corrected chi connectivity index (χ1v) is 26.2. The molecule has 52 heavy (non-hydrogen) atoms. The molecule has 0 spiro atoms. The van der Waals surface area contributed by atoms with Crippen molar-refractivity contribution in [3.8, 4) is 11.1 Å². The third-order valence-corrected chi connectivity index (χ3v) is 28.9. The molecule has 0 nitrogen and oxygen atoms in total. The molecule has 0 unspecified atom stereocenters. The van der Waals surface area contributed by atoms with Crippen molar-refractivity contribution < 1.29 is 18.3 Å². The Labute approximate surface area is 330 Å². The monoisotopic (exact) mass is 812 g/mol. The summed E-state index contributed by atoms with van der Waals surface area (Å²) in [5.74, 6) is 0. The Morgan fingerprint density at radius 3 is 1.62 bits per heavy atom. The number of benzene rings is 4. The van der Waals surface area contributed by atoms with Crippen LogP contribution in [0.5, 0.6) is 0 Å². The van der Waals surface area contributed by atoms with E-state index in [1.54, 1.807) is 6.55 Å². The Bertz CT molecular complexity index is 1990. The molecular formula is C49H64Cl2Zr. The van der Waals surface area contributed by atoms with E-state index in [4.69, 9.17) is 4.21 Å². The third-order valence-electron chi connectivity index (χ3n) is 12.3. The molecule has 2 aliphatic carbocycles. The summed E-state index contributed by atoms with van der Waals surface area (Å²) < 4.78 is 12.0. The summed E-state index contributed by atoms with van der Waals surface area (Å²) in [6.45, 7) is 23.7. The SMILES string of the molecule is Cl.Cl.[CH2]=[Zr]([C]1=CC=CC1)([c]1ccc(CCCC)cc1)([c]1ccc(CCCC)cc1)[c]1c(C)c(C(C)(C)C)cc2c1Cc1cc(C)c(C(C)(C)C)cc1-2. The van der Waals surface area contributed by atoms with E-state index in [0.29, 0.717) is 0 Å². The van der Waals surface area contributed by atoms with Crippen molar-refractivity contribution >= 4 is 38.8 Å². The van der Waals surface area contributed by atoms with Gasteiger partial charge in [-0.1, -0.05) is 0 Å². The van der Waals surface area contributed by atoms with Gasteiger partial charge in [0.1, 0.15) is 0 Å². The second-order valence-electron chi connectivity index (χ2n) is 17.8. The summed E-state index contributed by atoms with van der Waals surface area (Å²) in [6.07, 6.45) is 16.3. The molecule has 278 valence electrons. The van der Waals surface area contributed by atoms with Crippen molar-refractivity contribution in [2.45, 2.75) is 131 Å². The summed E-state index contributed by atoms with van der Waals surface area (Å²) in [7, 11) is 0. The second kappa shape index (κ2) is 15.8. The van der Waals surface area contributed by atoms with Crippen molar-refractivity contribution in [3.63, 3.8) is 0 Å². The molecule has 4 aromatic rings. The number of fused-ring (bicyclic) bond motifs is 3. The van der Waals surface area contributed by atoms with Crippen LogP contribution in [0.3, 0.4) is 0 Å². The number of aryl methyl sites for hydroxylation is 3. The van der Waals surface area contributed by atoms with Gasteiger partial charge in [0.25, 0.3) is 0 Å². The minimum atomic E-state index is -4.91. The molecule has 0 heterocycles. The molecule has 0 radical (unpaired) electrons. The molecule has 6 rings (SSSR count). The molecule has 0 saturated heterocycles. The fourth-order valence-electron chi connectivity index (χ4n) is 9.63. The quantitative estimate of drug-likeness (QED) is 0.132. The van der Waals surface area contributed by atoms with Crippen LogP contribution in [0.15, 0.2) is 88.2 Å². The first-order chi connectivity index (χ1) is 23.6. The van der Waals surface area contributed by atoms with E-state index in [0.717, 1.165) is 25.7 Å². The zero-order valence-corrected chi connectivity index (χ0v) is 37.9. The van der Waals surface area contributed by atoms with Crippen LogP contribution in [0.25, 0.3) is 11.1 Å². The van der Waals surface area contributed by atoms with Crippen LogP contribution in [-0.2, 0) is 48.4 Å². The van der Waals surface area contributed by atoms with Gasteiger partial charge in [-0.25, -0.2) is 0 Å². The number of hydrogen-bond acceptors (Lipinski definition) is 0. The average Bonchev–Trinajstić information content (AvgIpc) is 3.74. The maximum absolute atomic E-state index is 5.88. The van der Waals surface area contributed by atoms with E-state index in [9.17, 15) is 0 Å². The van der Waals surface area contributed by atoms with Crippen molar-refractivity contribution in [2.24, 2.45) is 0 Å². The molecule has 0 saturated carbocycles. The van der Waals surface area contributed by atoms with Gasteiger partial charge in [0, 0.05) is 0 Å². The van der Waals surface area contributed by atoms with Gasteiger partial charge in [-0.15, -0.1) is 24.8 Å². The average molecular weight is 815 g/mol. The van der Waals surface area contributed by atoms with Gasteiger partial charge >= 0.3 is 308 Å². The van der Waals surface area contributed by atoms with Crippen molar-refractivity contribution in [1.82, 2.24) is 0 Å². The molecule has 0 aliphatic heterocycles. The Hall–Kier alpha value is -2.31. The van der Waals surface area contributed by atoms with Crippen molar-refractivity contribution in [3.05, 3.63) is 133 Å². The van der Waals surface area contributed by atoms with Gasteiger partial charge in [0.2, 0.25) is 0 Å². The van der Waals surface area contributed by atoms with Gasteiger partial charge in [0.05, 0.1) is 0 Å². The molecule has 0 N–H and O–H groups in total. The molecule has 2 aliphatic rings. The Kier molecular flexibility index (Phi) is 12.9. The van der Waals surface area contributed by atoms with E-state index in [1.165, 1.54) is 87.9 Å². The first kappa shape index (κ1) is 42.4. The van der Waals surface area contributed by atoms with Crippen LogP contribution in [0.2, 0.25) is 0 Å². The Morgan fingerprint density at radius 1 is 0.673 bits per heavy atom. The van der Waals surface area contributed by atoms with Crippen molar-refractivity contribution in [1.29, 1.82) is 0 Å². The number of allylic oxidation sites excluding steroid dienone is 4. The minimum absolute atomic E-state index is 0. The number of halogens is 2. The van der Waals surface area contributed by atoms with E-state index >= 15 is 0 Å². The predicted octanol–water partition coefficient (Wildman–Crippen LogP) is 12.2. The molecule has 0 bridgehead atoms. The topological polar surface area (TPSA) is 0 Å². The predicted molar refractivity (Wildman–Crippen MR) is 234 cm³/mol. The van der Waals surface area contributed by atoms with E-state index in [1.807, 2.05) is 0 Å². The van der Waals surface area contributed by atoms with Gasteiger partial charge in [0.15, 0.2) is 0 Å². The normalized spacial score (nSPS) is 14.0. The van der Waals surface area contributed by atoms with Crippen LogP contribution in [0, 0.1) is 13.8 Å². The summed E-state index contributed by atoms with van der Waals surface area (Å²) in [4.78, 5) is 0. The molecule has 4 aromatic carbocycles. The van der Waals surface area contributed by atoms with Gasteiger partial charge < -0.3 is 0 Å². The van der Waals surface area contributed by atoms with Crippen LogP contribution in [0.4, 0.5) is 0 Å². The van der Waals surface area contributed by atoms with Crippen LogP contribution in [-0.4, -0.2) is 4.21 Å². The molecule has 0 atom stereocenters. The van der Waals surface area contributed by atoms with E-state index < -0.39 is 18.3 Å². The van der Waals surface area contributed by atoms with Crippen LogP contribution in [0.1, 0.15) is 132 Å². The number of hydrogen-bond donors (Lipinski definition) is 0. The summed E-state index contributed by atoms with van der Waals surface area (Å²) in [5, 5.41) is 0. The molecular weight excluding hydrogens is 751 g/mol. The summed E-state index contributed by atoms with van der Waals surface area (Å²) in [5.41, 5.74) is 14.6. The van der Waals surface area contributed by atoms with E-state index in [-0.39, 0.29) is 35.6 Å². The fraction of sp³-hybridized carbons (Fsp3) is 0.408. The molecule has 0 fully saturated rings. The Morgan fingerprint density at radius 2 is 1.17 bits per heavy atom. The number of rotatable bonds is 10. The first-order valence-electron chi connectivity index (χ1n) is 19.5. The van der Waals surface area contributed by atoms with Crippen LogP contribution >= 0.6 is 24.8 Å². The zero-order chi connectivity index (χ0) is 36.1. The van der Waals surface area contributed by atoms with E-state index in [2.05, 4.69) is 154 Å². The third kappa shape index (κ3) is 7.14. The summed E-state index contributed by atoms with van der Waals surface area (Å²) >= 11 is -4.91. The standard InChI is InChI=1S/C23H29.2C10H13.C5H5.CH2.2ClH.Zr/c1-14-9-16-11-17-10-15(2)21(23(6,7)8)13-19(17)18(16)12-20(14)22(3,4)5;2*1-2-3-7-10-8-5-4-6-9-10;1-2-4-5-3-1;;;;/h9,12-13H,11H2,1-8H3;2*5-6,8-9H,2-3,7H2,1H3;1-3H,4H2;1H2;2*1H;. The van der Waals surface area contributed by atoms with Gasteiger partial charge in [-0.3, -0.25) is 0 Å². The zero-order valence-electron chi connectivity index (χ0n) is 33.8. The maximum atomic E-state index is 5.88. The molecule has 0 aromatic heterocycles. The summed E-state index contributed by atoms with van der Waals surface area (Å²) in [6, 6.07) is 27.5. The van der Waals surface area contributed by atoms with Gasteiger partial charge in [-0.05, 0) is 0 Å². The molecule has 0 amide bonds. The van der Waals surface area contributed by atoms with Crippen molar-refractivity contribution in [2.75, 3.05) is 0 Å².